The summed E-state index contributed by atoms with van der Waals surface area (Å²) in [5, 5.41) is 3.27. The molecule has 0 aromatic carbocycles. The number of hydrogen-bond donors (Lipinski definition) is 2. The summed E-state index contributed by atoms with van der Waals surface area (Å²) in [6, 6.07) is 0.465. The molecule has 72 valence electrons. The molecule has 0 aliphatic carbocycles. The Balaban J connectivity index is 2.09. The van der Waals surface area contributed by atoms with Crippen molar-refractivity contribution < 1.29 is 13.0 Å². The molecule has 1 aliphatic rings. The third kappa shape index (κ3) is 4.04. The van der Waals surface area contributed by atoms with E-state index in [2.05, 4.69) is 5.32 Å². The lowest BCUT2D eigenvalue weighted by Gasteiger charge is -2.07. The second kappa shape index (κ2) is 4.20. The Hall–Kier alpha value is -0.130. The molecule has 0 spiro atoms. The topological polar surface area (TPSA) is 66.4 Å². The summed E-state index contributed by atoms with van der Waals surface area (Å²) < 4.78 is 29.1. The molecule has 1 saturated heterocycles. The van der Waals surface area contributed by atoms with Crippen molar-refractivity contribution in [2.75, 3.05) is 12.3 Å². The van der Waals surface area contributed by atoms with Gasteiger partial charge in [-0.3, -0.25) is 4.55 Å². The highest BCUT2D eigenvalue weighted by molar-refractivity contribution is 7.85. The van der Waals surface area contributed by atoms with Gasteiger partial charge in [0, 0.05) is 6.04 Å². The van der Waals surface area contributed by atoms with Crippen LogP contribution < -0.4 is 5.32 Å². The smallest absolute Gasteiger partial charge is 0.264 e. The normalized spacial score (nSPS) is 24.6. The van der Waals surface area contributed by atoms with E-state index in [0.717, 1.165) is 19.4 Å². The van der Waals surface area contributed by atoms with E-state index in [1.165, 1.54) is 6.42 Å². The maximum Gasteiger partial charge on any atom is 0.264 e. The minimum absolute atomic E-state index is 0.106. The van der Waals surface area contributed by atoms with E-state index < -0.39 is 10.1 Å². The Labute approximate surface area is 73.1 Å². The predicted octanol–water partition coefficient (Wildman–Crippen LogP) is 0.406. The number of nitrogens with one attached hydrogen (secondary N) is 1. The molecule has 4 nitrogen and oxygen atoms in total. The van der Waals surface area contributed by atoms with Crippen molar-refractivity contribution in [1.29, 1.82) is 0 Å². The minimum Gasteiger partial charge on any atom is -0.314 e. The van der Waals surface area contributed by atoms with Crippen LogP contribution in [0.5, 0.6) is 0 Å². The van der Waals surface area contributed by atoms with Crippen molar-refractivity contribution in [1.82, 2.24) is 5.32 Å². The van der Waals surface area contributed by atoms with Gasteiger partial charge in [0.15, 0.2) is 0 Å². The molecule has 0 aromatic rings. The summed E-state index contributed by atoms with van der Waals surface area (Å²) in [6.45, 7) is 1.04. The second-order valence-electron chi connectivity index (χ2n) is 3.22. The highest BCUT2D eigenvalue weighted by Gasteiger charge is 2.14. The number of hydrogen-bond acceptors (Lipinski definition) is 3. The molecule has 0 amide bonds. The molecular weight excluding hydrogens is 178 g/mol. The second-order valence-corrected chi connectivity index (χ2v) is 4.79. The fraction of sp³-hybridized carbons (Fsp3) is 1.00. The van der Waals surface area contributed by atoms with Gasteiger partial charge in [0.25, 0.3) is 10.1 Å². The molecule has 0 aromatic heterocycles. The van der Waals surface area contributed by atoms with E-state index >= 15 is 0 Å². The molecule has 2 N–H and O–H groups in total. The molecule has 1 atom stereocenters. The molecule has 0 bridgehead atoms. The molecule has 1 rings (SSSR count). The van der Waals surface area contributed by atoms with Crippen molar-refractivity contribution in [3.05, 3.63) is 0 Å². The van der Waals surface area contributed by atoms with E-state index in [4.69, 9.17) is 4.55 Å². The zero-order valence-electron chi connectivity index (χ0n) is 6.99. The van der Waals surface area contributed by atoms with Gasteiger partial charge in [-0.2, -0.15) is 8.42 Å². The van der Waals surface area contributed by atoms with Crippen LogP contribution in [0.1, 0.15) is 25.7 Å². The summed E-state index contributed by atoms with van der Waals surface area (Å²) in [7, 11) is -3.74. The lowest BCUT2D eigenvalue weighted by molar-refractivity contribution is 0.474. The van der Waals surface area contributed by atoms with Crippen molar-refractivity contribution >= 4 is 10.1 Å². The summed E-state index contributed by atoms with van der Waals surface area (Å²) in [6.07, 6.45) is 3.71. The Morgan fingerprint density at radius 2 is 2.25 bits per heavy atom. The van der Waals surface area contributed by atoms with Crippen LogP contribution in [0.3, 0.4) is 0 Å². The van der Waals surface area contributed by atoms with Crippen LogP contribution >= 0.6 is 0 Å². The Bertz CT molecular complexity index is 219. The van der Waals surface area contributed by atoms with Crippen molar-refractivity contribution in [3.8, 4) is 0 Å². The summed E-state index contributed by atoms with van der Waals surface area (Å²) in [4.78, 5) is 0. The van der Waals surface area contributed by atoms with Crippen LogP contribution in [-0.2, 0) is 10.1 Å². The average Bonchev–Trinajstić information content (AvgIpc) is 2.36. The van der Waals surface area contributed by atoms with Crippen LogP contribution in [0.4, 0.5) is 0 Å². The first-order chi connectivity index (χ1) is 5.58. The van der Waals surface area contributed by atoms with E-state index in [9.17, 15) is 8.42 Å². The highest BCUT2D eigenvalue weighted by Crippen LogP contribution is 2.10. The molecule has 1 heterocycles. The first kappa shape index (κ1) is 9.95. The molecule has 0 radical (unpaired) electrons. The van der Waals surface area contributed by atoms with Crippen molar-refractivity contribution in [3.63, 3.8) is 0 Å². The SMILES string of the molecule is O=S(=O)(O)CCC[C@H]1CCCN1. The standard InChI is InChI=1S/C7H15NO3S/c9-12(10,11)6-2-4-7-3-1-5-8-7/h7-8H,1-6H2,(H,9,10,11)/t7-/m1/s1. The van der Waals surface area contributed by atoms with E-state index in [0.29, 0.717) is 12.5 Å². The van der Waals surface area contributed by atoms with Crippen molar-refractivity contribution in [2.24, 2.45) is 0 Å². The van der Waals surface area contributed by atoms with E-state index in [1.54, 1.807) is 0 Å². The average molecular weight is 193 g/mol. The zero-order valence-corrected chi connectivity index (χ0v) is 7.81. The molecule has 1 fully saturated rings. The third-order valence-corrected chi connectivity index (χ3v) is 2.92. The third-order valence-electron chi connectivity index (χ3n) is 2.12. The van der Waals surface area contributed by atoms with Crippen LogP contribution in [0.25, 0.3) is 0 Å². The highest BCUT2D eigenvalue weighted by atomic mass is 32.2. The molecule has 1 aliphatic heterocycles. The van der Waals surface area contributed by atoms with E-state index in [1.807, 2.05) is 0 Å². The van der Waals surface area contributed by atoms with Gasteiger partial charge < -0.3 is 5.32 Å². The molecular formula is C7H15NO3S. The van der Waals surface area contributed by atoms with Gasteiger partial charge in [0.2, 0.25) is 0 Å². The fourth-order valence-corrected chi connectivity index (χ4v) is 2.05. The quantitative estimate of drug-likeness (QED) is 0.634. The maximum atomic E-state index is 10.3. The van der Waals surface area contributed by atoms with Crippen LogP contribution in [0.2, 0.25) is 0 Å². The minimum atomic E-state index is -3.74. The van der Waals surface area contributed by atoms with Gasteiger partial charge in [-0.1, -0.05) is 0 Å². The summed E-state index contributed by atoms with van der Waals surface area (Å²) >= 11 is 0. The molecule has 0 unspecified atom stereocenters. The van der Waals surface area contributed by atoms with Gasteiger partial charge in [0.1, 0.15) is 0 Å². The predicted molar refractivity (Wildman–Crippen MR) is 46.7 cm³/mol. The Morgan fingerprint density at radius 1 is 1.50 bits per heavy atom. The van der Waals surface area contributed by atoms with Gasteiger partial charge in [0.05, 0.1) is 5.75 Å². The maximum absolute atomic E-state index is 10.3. The van der Waals surface area contributed by atoms with Gasteiger partial charge >= 0.3 is 0 Å². The lowest BCUT2D eigenvalue weighted by atomic mass is 10.1. The zero-order chi connectivity index (χ0) is 9.03. The molecule has 12 heavy (non-hydrogen) atoms. The first-order valence-electron chi connectivity index (χ1n) is 4.26. The summed E-state index contributed by atoms with van der Waals surface area (Å²) in [5.74, 6) is -0.106. The fourth-order valence-electron chi connectivity index (χ4n) is 1.52. The Kier molecular flexibility index (Phi) is 3.49. The molecule has 0 saturated carbocycles. The van der Waals surface area contributed by atoms with E-state index in [-0.39, 0.29) is 5.75 Å². The first-order valence-corrected chi connectivity index (χ1v) is 5.87. The van der Waals surface area contributed by atoms with Gasteiger partial charge in [-0.25, -0.2) is 0 Å². The molecule has 5 heteroatoms. The monoisotopic (exact) mass is 193 g/mol. The number of rotatable bonds is 4. The lowest BCUT2D eigenvalue weighted by Crippen LogP contribution is -2.21. The van der Waals surface area contributed by atoms with Gasteiger partial charge in [-0.15, -0.1) is 0 Å². The Morgan fingerprint density at radius 3 is 2.75 bits per heavy atom. The van der Waals surface area contributed by atoms with Gasteiger partial charge in [-0.05, 0) is 32.2 Å². The largest absolute Gasteiger partial charge is 0.314 e. The van der Waals surface area contributed by atoms with Crippen LogP contribution in [0, 0.1) is 0 Å². The van der Waals surface area contributed by atoms with Crippen molar-refractivity contribution in [2.45, 2.75) is 31.7 Å². The van der Waals surface area contributed by atoms with Crippen LogP contribution in [0.15, 0.2) is 0 Å². The summed E-state index contributed by atoms with van der Waals surface area (Å²) in [5.41, 5.74) is 0. The van der Waals surface area contributed by atoms with Crippen LogP contribution in [-0.4, -0.2) is 31.3 Å².